The van der Waals surface area contributed by atoms with Gasteiger partial charge < -0.3 is 18.9 Å². The van der Waals surface area contributed by atoms with Crippen LogP contribution in [-0.4, -0.2) is 31.1 Å². The number of aliphatic imine (C=N–C) groups is 1. The molecular weight excluding hydrogens is 674 g/mol. The highest BCUT2D eigenvalue weighted by molar-refractivity contribution is 9.11. The lowest BCUT2D eigenvalue weighted by Gasteiger charge is -2.11. The molecule has 190 valence electrons. The molecule has 0 fully saturated rings. The molecule has 37 heavy (non-hydrogen) atoms. The van der Waals surface area contributed by atoms with Gasteiger partial charge in [-0.1, -0.05) is 31.9 Å². The van der Waals surface area contributed by atoms with E-state index in [2.05, 4.69) is 52.8 Å². The molecule has 3 aromatic rings. The summed E-state index contributed by atoms with van der Waals surface area (Å²) < 4.78 is 24.5. The van der Waals surface area contributed by atoms with Gasteiger partial charge in [-0.05, 0) is 90.5 Å². The van der Waals surface area contributed by atoms with Gasteiger partial charge in [-0.25, -0.2) is 14.6 Å². The number of cyclic esters (lactones) is 1. The quantitative estimate of drug-likeness (QED) is 0.140. The zero-order valence-corrected chi connectivity index (χ0v) is 24.5. The highest BCUT2D eigenvalue weighted by Gasteiger charge is 2.26. The number of carbonyl (C=O) groups excluding carboxylic acids is 2. The molecule has 3 aromatic carbocycles. The number of ether oxygens (including phenoxy) is 4. The fourth-order valence-electron chi connectivity index (χ4n) is 3.40. The second-order valence-electron chi connectivity index (χ2n) is 7.57. The second-order valence-corrected chi connectivity index (χ2v) is 10.3. The molecule has 0 unspecified atom stereocenters. The fourth-order valence-corrected chi connectivity index (χ4v) is 5.00. The zero-order chi connectivity index (χ0) is 26.5. The van der Waals surface area contributed by atoms with Gasteiger partial charge in [-0.2, -0.15) is 0 Å². The summed E-state index contributed by atoms with van der Waals surface area (Å²) in [6, 6.07) is 15.4. The van der Waals surface area contributed by atoms with Gasteiger partial charge in [0.2, 0.25) is 5.90 Å². The third-order valence-electron chi connectivity index (χ3n) is 5.01. The Morgan fingerprint density at radius 3 is 2.32 bits per heavy atom. The Morgan fingerprint density at radius 1 is 0.919 bits per heavy atom. The molecule has 0 amide bonds. The smallest absolute Gasteiger partial charge is 0.363 e. The van der Waals surface area contributed by atoms with Crippen LogP contribution in [0.3, 0.4) is 0 Å². The number of benzene rings is 3. The molecule has 0 spiro atoms. The Bertz CT molecular complexity index is 1420. The summed E-state index contributed by atoms with van der Waals surface area (Å²) >= 11 is 10.2. The third kappa shape index (κ3) is 6.49. The number of halogens is 3. The molecule has 0 N–H and O–H groups in total. The van der Waals surface area contributed by atoms with E-state index in [0.717, 1.165) is 4.47 Å². The van der Waals surface area contributed by atoms with Gasteiger partial charge in [0.25, 0.3) is 0 Å². The van der Waals surface area contributed by atoms with Crippen LogP contribution in [0.15, 0.2) is 78.7 Å². The van der Waals surface area contributed by atoms with E-state index >= 15 is 0 Å². The first-order valence-corrected chi connectivity index (χ1v) is 13.6. The molecule has 0 saturated carbocycles. The number of hydrogen-bond donors (Lipinski definition) is 0. The standard InChI is InChI=1S/C27H20Br3NO6/c1-3-34-22-10-7-16(13-23(22)35-4-2)25-31-21(27(33)37-25)12-17-11-19(29)14-20(30)24(17)36-26(32)15-5-8-18(28)9-6-15/h5-14H,3-4H2,1-2H3/b21-12-. The van der Waals surface area contributed by atoms with E-state index in [1.807, 2.05) is 13.8 Å². The number of hydrogen-bond acceptors (Lipinski definition) is 7. The van der Waals surface area contributed by atoms with Gasteiger partial charge in [0, 0.05) is 20.1 Å². The minimum Gasteiger partial charge on any atom is -0.490 e. The Kier molecular flexibility index (Phi) is 8.83. The third-order valence-corrected chi connectivity index (χ3v) is 6.59. The molecule has 1 heterocycles. The first kappa shape index (κ1) is 27.1. The normalized spacial score (nSPS) is 13.8. The van der Waals surface area contributed by atoms with E-state index < -0.39 is 11.9 Å². The van der Waals surface area contributed by atoms with E-state index in [1.165, 1.54) is 6.08 Å². The number of carbonyl (C=O) groups is 2. The number of rotatable bonds is 8. The molecule has 0 atom stereocenters. The SMILES string of the molecule is CCOc1ccc(C2=N/C(=C\c3cc(Br)cc(Br)c3OC(=O)c3ccc(Br)cc3)C(=O)O2)cc1OCC. The van der Waals surface area contributed by atoms with E-state index in [-0.39, 0.29) is 17.3 Å². The summed E-state index contributed by atoms with van der Waals surface area (Å²) in [4.78, 5) is 29.9. The van der Waals surface area contributed by atoms with Crippen molar-refractivity contribution in [2.75, 3.05) is 13.2 Å². The van der Waals surface area contributed by atoms with Crippen molar-refractivity contribution < 1.29 is 28.5 Å². The molecule has 1 aliphatic rings. The van der Waals surface area contributed by atoms with Crippen molar-refractivity contribution in [2.24, 2.45) is 4.99 Å². The van der Waals surface area contributed by atoms with E-state index in [1.54, 1.807) is 54.6 Å². The van der Waals surface area contributed by atoms with Crippen LogP contribution in [0, 0.1) is 0 Å². The predicted molar refractivity (Wildman–Crippen MR) is 150 cm³/mol. The van der Waals surface area contributed by atoms with Crippen LogP contribution in [0.25, 0.3) is 6.08 Å². The molecule has 0 saturated heterocycles. The van der Waals surface area contributed by atoms with Gasteiger partial charge >= 0.3 is 11.9 Å². The minimum absolute atomic E-state index is 0.0489. The van der Waals surface area contributed by atoms with Gasteiger partial charge in [-0.15, -0.1) is 0 Å². The average Bonchev–Trinajstić information content (AvgIpc) is 3.23. The van der Waals surface area contributed by atoms with Crippen LogP contribution in [0.5, 0.6) is 17.2 Å². The maximum Gasteiger partial charge on any atom is 0.363 e. The Labute approximate surface area is 238 Å². The van der Waals surface area contributed by atoms with Crippen molar-refractivity contribution >= 4 is 71.7 Å². The van der Waals surface area contributed by atoms with Crippen molar-refractivity contribution in [3.8, 4) is 17.2 Å². The highest BCUT2D eigenvalue weighted by atomic mass is 79.9. The van der Waals surface area contributed by atoms with Gasteiger partial charge in [0.05, 0.1) is 23.2 Å². The van der Waals surface area contributed by atoms with E-state index in [9.17, 15) is 9.59 Å². The summed E-state index contributed by atoms with van der Waals surface area (Å²) in [6.45, 7) is 4.68. The van der Waals surface area contributed by atoms with Gasteiger partial charge in [0.15, 0.2) is 22.9 Å². The lowest BCUT2D eigenvalue weighted by molar-refractivity contribution is -0.129. The van der Waals surface area contributed by atoms with Crippen LogP contribution in [-0.2, 0) is 9.53 Å². The predicted octanol–water partition coefficient (Wildman–Crippen LogP) is 7.34. The molecular formula is C27H20Br3NO6. The van der Waals surface area contributed by atoms with Crippen LogP contribution < -0.4 is 14.2 Å². The summed E-state index contributed by atoms with van der Waals surface area (Å²) in [5.41, 5.74) is 1.43. The zero-order valence-electron chi connectivity index (χ0n) is 19.7. The maximum atomic E-state index is 12.8. The molecule has 0 radical (unpaired) electrons. The van der Waals surface area contributed by atoms with Crippen LogP contribution in [0.2, 0.25) is 0 Å². The largest absolute Gasteiger partial charge is 0.490 e. The lowest BCUT2D eigenvalue weighted by Crippen LogP contribution is -2.10. The Hall–Kier alpha value is -2.95. The van der Waals surface area contributed by atoms with Gasteiger partial charge in [0.1, 0.15) is 0 Å². The maximum absolute atomic E-state index is 12.8. The summed E-state index contributed by atoms with van der Waals surface area (Å²) in [6.07, 6.45) is 1.51. The molecule has 4 rings (SSSR count). The van der Waals surface area contributed by atoms with E-state index in [0.29, 0.717) is 50.3 Å². The monoisotopic (exact) mass is 691 g/mol. The molecule has 0 bridgehead atoms. The van der Waals surface area contributed by atoms with E-state index in [4.69, 9.17) is 18.9 Å². The molecule has 7 nitrogen and oxygen atoms in total. The molecule has 1 aliphatic heterocycles. The van der Waals surface area contributed by atoms with Crippen LogP contribution in [0.1, 0.15) is 35.3 Å². The summed E-state index contributed by atoms with van der Waals surface area (Å²) in [5.74, 6) is 0.290. The molecule has 10 heteroatoms. The van der Waals surface area contributed by atoms with Crippen molar-refractivity contribution in [3.63, 3.8) is 0 Å². The lowest BCUT2D eigenvalue weighted by atomic mass is 10.1. The van der Waals surface area contributed by atoms with Gasteiger partial charge in [-0.3, -0.25) is 0 Å². The Morgan fingerprint density at radius 2 is 1.62 bits per heavy atom. The minimum atomic E-state index is -0.636. The van der Waals surface area contributed by atoms with Crippen molar-refractivity contribution in [1.82, 2.24) is 0 Å². The number of nitrogens with zero attached hydrogens (tertiary/aromatic N) is 1. The van der Waals surface area contributed by atoms with Crippen LogP contribution in [0.4, 0.5) is 0 Å². The van der Waals surface area contributed by atoms with Crippen molar-refractivity contribution in [3.05, 3.63) is 90.4 Å². The van der Waals surface area contributed by atoms with Crippen molar-refractivity contribution in [2.45, 2.75) is 13.8 Å². The molecule has 0 aliphatic carbocycles. The fraction of sp³-hybridized carbons (Fsp3) is 0.148. The average molecular weight is 694 g/mol. The summed E-state index contributed by atoms with van der Waals surface area (Å²) in [7, 11) is 0. The first-order chi connectivity index (χ1) is 17.8. The molecule has 0 aromatic heterocycles. The topological polar surface area (TPSA) is 83.4 Å². The second kappa shape index (κ2) is 12.1. The summed E-state index contributed by atoms with van der Waals surface area (Å²) in [5, 5.41) is 0. The van der Waals surface area contributed by atoms with Crippen molar-refractivity contribution in [1.29, 1.82) is 0 Å². The van der Waals surface area contributed by atoms with Crippen LogP contribution >= 0.6 is 47.8 Å². The first-order valence-electron chi connectivity index (χ1n) is 11.2. The number of esters is 2. The Balaban J connectivity index is 1.68. The highest BCUT2D eigenvalue weighted by Crippen LogP contribution is 2.36.